The van der Waals surface area contributed by atoms with Gasteiger partial charge in [-0.15, -0.1) is 0 Å². The highest BCUT2D eigenvalue weighted by molar-refractivity contribution is 5.40. The number of rotatable bonds is 6. The summed E-state index contributed by atoms with van der Waals surface area (Å²) in [5, 5.41) is 3.36. The SMILES string of the molecule is CCCCC(CC)Nc1ccc(F)nc1. The van der Waals surface area contributed by atoms with Crippen LogP contribution < -0.4 is 5.32 Å². The first-order valence-corrected chi connectivity index (χ1v) is 5.64. The van der Waals surface area contributed by atoms with E-state index in [4.69, 9.17) is 0 Å². The van der Waals surface area contributed by atoms with Gasteiger partial charge in [0.2, 0.25) is 5.95 Å². The fourth-order valence-electron chi connectivity index (χ4n) is 1.53. The van der Waals surface area contributed by atoms with Crippen LogP contribution in [0.5, 0.6) is 0 Å². The summed E-state index contributed by atoms with van der Waals surface area (Å²) in [6.07, 6.45) is 6.21. The third-order valence-corrected chi connectivity index (χ3v) is 2.50. The Morgan fingerprint density at radius 2 is 2.20 bits per heavy atom. The van der Waals surface area contributed by atoms with Gasteiger partial charge in [0.05, 0.1) is 11.9 Å². The molecule has 0 aliphatic rings. The van der Waals surface area contributed by atoms with E-state index in [1.54, 1.807) is 12.3 Å². The van der Waals surface area contributed by atoms with Gasteiger partial charge in [-0.05, 0) is 25.0 Å². The lowest BCUT2D eigenvalue weighted by Crippen LogP contribution is -2.18. The van der Waals surface area contributed by atoms with Gasteiger partial charge in [0, 0.05) is 6.04 Å². The third kappa shape index (κ3) is 4.28. The van der Waals surface area contributed by atoms with E-state index < -0.39 is 5.95 Å². The van der Waals surface area contributed by atoms with E-state index in [2.05, 4.69) is 24.1 Å². The maximum Gasteiger partial charge on any atom is 0.212 e. The van der Waals surface area contributed by atoms with Crippen LogP contribution in [0.25, 0.3) is 0 Å². The summed E-state index contributed by atoms with van der Waals surface area (Å²) in [6.45, 7) is 4.34. The summed E-state index contributed by atoms with van der Waals surface area (Å²) < 4.78 is 12.6. The molecular formula is C12H19FN2. The lowest BCUT2D eigenvalue weighted by molar-refractivity contribution is 0.579. The molecule has 0 bridgehead atoms. The molecule has 15 heavy (non-hydrogen) atoms. The molecule has 0 radical (unpaired) electrons. The first kappa shape index (κ1) is 12.0. The highest BCUT2D eigenvalue weighted by atomic mass is 19.1. The van der Waals surface area contributed by atoms with Crippen LogP contribution in [0.3, 0.4) is 0 Å². The van der Waals surface area contributed by atoms with Crippen LogP contribution in [0.1, 0.15) is 39.5 Å². The molecule has 3 heteroatoms. The van der Waals surface area contributed by atoms with Gasteiger partial charge >= 0.3 is 0 Å². The number of anilines is 1. The molecule has 1 heterocycles. The van der Waals surface area contributed by atoms with E-state index in [0.29, 0.717) is 6.04 Å². The van der Waals surface area contributed by atoms with Gasteiger partial charge in [-0.2, -0.15) is 4.39 Å². The Hall–Kier alpha value is -1.12. The molecule has 1 rings (SSSR count). The Bertz CT molecular complexity index is 271. The molecule has 0 aliphatic carbocycles. The van der Waals surface area contributed by atoms with E-state index in [0.717, 1.165) is 18.5 Å². The molecule has 0 saturated carbocycles. The molecule has 0 saturated heterocycles. The van der Waals surface area contributed by atoms with Crippen LogP contribution >= 0.6 is 0 Å². The van der Waals surface area contributed by atoms with E-state index >= 15 is 0 Å². The molecule has 1 unspecified atom stereocenters. The fraction of sp³-hybridized carbons (Fsp3) is 0.583. The van der Waals surface area contributed by atoms with Crippen molar-refractivity contribution in [1.82, 2.24) is 4.98 Å². The molecule has 1 N–H and O–H groups in total. The lowest BCUT2D eigenvalue weighted by Gasteiger charge is -2.17. The molecule has 0 aromatic carbocycles. The smallest absolute Gasteiger partial charge is 0.212 e. The number of aromatic nitrogens is 1. The molecule has 0 fully saturated rings. The number of unbranched alkanes of at least 4 members (excludes halogenated alkanes) is 1. The summed E-state index contributed by atoms with van der Waals surface area (Å²) in [4.78, 5) is 3.62. The van der Waals surface area contributed by atoms with Crippen molar-refractivity contribution in [2.45, 2.75) is 45.6 Å². The average Bonchev–Trinajstić information content (AvgIpc) is 2.27. The molecular weight excluding hydrogens is 191 g/mol. The van der Waals surface area contributed by atoms with Crippen molar-refractivity contribution < 1.29 is 4.39 Å². The number of pyridine rings is 1. The number of halogens is 1. The van der Waals surface area contributed by atoms with E-state index in [1.165, 1.54) is 18.9 Å². The van der Waals surface area contributed by atoms with Crippen LogP contribution in [0, 0.1) is 5.95 Å². The molecule has 1 atom stereocenters. The summed E-state index contributed by atoms with van der Waals surface area (Å²) in [5.41, 5.74) is 0.902. The first-order valence-electron chi connectivity index (χ1n) is 5.64. The summed E-state index contributed by atoms with van der Waals surface area (Å²) in [6, 6.07) is 3.59. The number of nitrogens with one attached hydrogen (secondary N) is 1. The zero-order valence-corrected chi connectivity index (χ0v) is 9.46. The van der Waals surface area contributed by atoms with Gasteiger partial charge < -0.3 is 5.32 Å². The topological polar surface area (TPSA) is 24.9 Å². The highest BCUT2D eigenvalue weighted by Crippen LogP contribution is 2.12. The molecule has 84 valence electrons. The van der Waals surface area contributed by atoms with Gasteiger partial charge in [-0.25, -0.2) is 4.98 Å². The second kappa shape index (κ2) is 6.38. The largest absolute Gasteiger partial charge is 0.381 e. The van der Waals surface area contributed by atoms with Crippen molar-refractivity contribution in [2.75, 3.05) is 5.32 Å². The zero-order chi connectivity index (χ0) is 11.1. The van der Waals surface area contributed by atoms with Crippen molar-refractivity contribution in [3.63, 3.8) is 0 Å². The van der Waals surface area contributed by atoms with Gasteiger partial charge in [-0.1, -0.05) is 26.7 Å². The van der Waals surface area contributed by atoms with E-state index in [9.17, 15) is 4.39 Å². The molecule has 1 aromatic heterocycles. The van der Waals surface area contributed by atoms with Gasteiger partial charge in [-0.3, -0.25) is 0 Å². The quantitative estimate of drug-likeness (QED) is 0.726. The van der Waals surface area contributed by atoms with Crippen LogP contribution in [0.15, 0.2) is 18.3 Å². The summed E-state index contributed by atoms with van der Waals surface area (Å²) >= 11 is 0. The van der Waals surface area contributed by atoms with Crippen LogP contribution in [0.4, 0.5) is 10.1 Å². The molecule has 1 aromatic rings. The first-order chi connectivity index (χ1) is 7.26. The van der Waals surface area contributed by atoms with Gasteiger partial charge in [0.15, 0.2) is 0 Å². The number of nitrogens with zero attached hydrogens (tertiary/aromatic N) is 1. The third-order valence-electron chi connectivity index (χ3n) is 2.50. The Morgan fingerprint density at radius 1 is 1.40 bits per heavy atom. The van der Waals surface area contributed by atoms with Crippen molar-refractivity contribution >= 4 is 5.69 Å². The summed E-state index contributed by atoms with van der Waals surface area (Å²) in [7, 11) is 0. The van der Waals surface area contributed by atoms with E-state index in [1.807, 2.05) is 0 Å². The lowest BCUT2D eigenvalue weighted by atomic mass is 10.1. The average molecular weight is 210 g/mol. The minimum Gasteiger partial charge on any atom is -0.381 e. The van der Waals surface area contributed by atoms with Crippen LogP contribution in [-0.2, 0) is 0 Å². The second-order valence-corrected chi connectivity index (χ2v) is 3.76. The van der Waals surface area contributed by atoms with Crippen molar-refractivity contribution in [3.05, 3.63) is 24.3 Å². The highest BCUT2D eigenvalue weighted by Gasteiger charge is 2.05. The monoisotopic (exact) mass is 210 g/mol. The van der Waals surface area contributed by atoms with Crippen molar-refractivity contribution in [3.8, 4) is 0 Å². The molecule has 0 amide bonds. The molecule has 0 spiro atoms. The van der Waals surface area contributed by atoms with Crippen LogP contribution in [-0.4, -0.2) is 11.0 Å². The van der Waals surface area contributed by atoms with Crippen LogP contribution in [0.2, 0.25) is 0 Å². The molecule has 2 nitrogen and oxygen atoms in total. The Balaban J connectivity index is 2.47. The fourth-order valence-corrected chi connectivity index (χ4v) is 1.53. The summed E-state index contributed by atoms with van der Waals surface area (Å²) in [5.74, 6) is -0.429. The minimum absolute atomic E-state index is 0.429. The Kier molecular flexibility index (Phi) is 5.08. The van der Waals surface area contributed by atoms with Gasteiger partial charge in [0.1, 0.15) is 0 Å². The number of hydrogen-bond donors (Lipinski definition) is 1. The van der Waals surface area contributed by atoms with Crippen molar-refractivity contribution in [1.29, 1.82) is 0 Å². The number of hydrogen-bond acceptors (Lipinski definition) is 2. The maximum absolute atomic E-state index is 12.6. The Morgan fingerprint density at radius 3 is 2.73 bits per heavy atom. The minimum atomic E-state index is -0.429. The van der Waals surface area contributed by atoms with E-state index in [-0.39, 0.29) is 0 Å². The standard InChI is InChI=1S/C12H19FN2/c1-3-5-6-10(4-2)15-11-7-8-12(13)14-9-11/h7-10,15H,3-6H2,1-2H3. The molecule has 0 aliphatic heterocycles. The zero-order valence-electron chi connectivity index (χ0n) is 9.46. The predicted octanol–water partition coefficient (Wildman–Crippen LogP) is 3.60. The van der Waals surface area contributed by atoms with Gasteiger partial charge in [0.25, 0.3) is 0 Å². The maximum atomic E-state index is 12.6. The predicted molar refractivity (Wildman–Crippen MR) is 61.4 cm³/mol. The normalized spacial score (nSPS) is 12.5. The van der Waals surface area contributed by atoms with Crippen molar-refractivity contribution in [2.24, 2.45) is 0 Å². The Labute approximate surface area is 90.9 Å². The second-order valence-electron chi connectivity index (χ2n) is 3.76.